The van der Waals surface area contributed by atoms with Crippen LogP contribution in [-0.2, 0) is 9.53 Å². The average Bonchev–Trinajstić information content (AvgIpc) is 2.39. The SMILES string of the molecule is CCOC(=O)CC(CC)(CC(C)CC)N(CC)CC. The zero-order chi connectivity index (χ0) is 14.9. The molecule has 2 atom stereocenters. The standard InChI is InChI=1S/C16H33NO2/c1-7-14(6)12-16(8-2,17(9-3)10-4)13-15(18)19-11-5/h14H,7-13H2,1-6H3. The second kappa shape index (κ2) is 9.35. The number of hydrogen-bond acceptors (Lipinski definition) is 3. The lowest BCUT2D eigenvalue weighted by Crippen LogP contribution is -2.50. The van der Waals surface area contributed by atoms with E-state index < -0.39 is 0 Å². The lowest BCUT2D eigenvalue weighted by Gasteiger charge is -2.44. The summed E-state index contributed by atoms with van der Waals surface area (Å²) in [6.45, 7) is 15.4. The molecule has 0 radical (unpaired) electrons. The van der Waals surface area contributed by atoms with Gasteiger partial charge in [0.05, 0.1) is 13.0 Å². The normalized spacial score (nSPS) is 16.2. The lowest BCUT2D eigenvalue weighted by atomic mass is 9.80. The molecule has 3 heteroatoms. The largest absolute Gasteiger partial charge is 0.466 e. The van der Waals surface area contributed by atoms with Crippen LogP contribution in [0.3, 0.4) is 0 Å². The molecule has 0 aliphatic heterocycles. The van der Waals surface area contributed by atoms with Crippen molar-refractivity contribution in [3.05, 3.63) is 0 Å². The third kappa shape index (κ3) is 5.52. The van der Waals surface area contributed by atoms with Crippen LogP contribution < -0.4 is 0 Å². The molecule has 0 aliphatic rings. The Kier molecular flexibility index (Phi) is 9.07. The summed E-state index contributed by atoms with van der Waals surface area (Å²) in [5, 5.41) is 0. The zero-order valence-electron chi connectivity index (χ0n) is 13.8. The highest BCUT2D eigenvalue weighted by atomic mass is 16.5. The van der Waals surface area contributed by atoms with Crippen LogP contribution >= 0.6 is 0 Å². The van der Waals surface area contributed by atoms with Gasteiger partial charge in [-0.3, -0.25) is 9.69 Å². The first kappa shape index (κ1) is 18.4. The third-order valence-electron chi connectivity index (χ3n) is 4.30. The van der Waals surface area contributed by atoms with Crippen molar-refractivity contribution in [2.24, 2.45) is 5.92 Å². The predicted octanol–water partition coefficient (Wildman–Crippen LogP) is 3.87. The van der Waals surface area contributed by atoms with E-state index in [1.54, 1.807) is 0 Å². The third-order valence-corrected chi connectivity index (χ3v) is 4.30. The first-order valence-corrected chi connectivity index (χ1v) is 7.90. The second-order valence-corrected chi connectivity index (χ2v) is 5.45. The van der Waals surface area contributed by atoms with Gasteiger partial charge in [0.25, 0.3) is 0 Å². The van der Waals surface area contributed by atoms with Crippen molar-refractivity contribution in [3.8, 4) is 0 Å². The molecule has 0 amide bonds. The van der Waals surface area contributed by atoms with E-state index in [2.05, 4.69) is 39.5 Å². The summed E-state index contributed by atoms with van der Waals surface area (Å²) in [7, 11) is 0. The monoisotopic (exact) mass is 271 g/mol. The second-order valence-electron chi connectivity index (χ2n) is 5.45. The van der Waals surface area contributed by atoms with Gasteiger partial charge >= 0.3 is 5.97 Å². The fraction of sp³-hybridized carbons (Fsp3) is 0.938. The Bertz CT molecular complexity index is 251. The van der Waals surface area contributed by atoms with Crippen LogP contribution in [0, 0.1) is 5.92 Å². The maximum absolute atomic E-state index is 12.0. The van der Waals surface area contributed by atoms with Crippen molar-refractivity contribution >= 4 is 5.97 Å². The lowest BCUT2D eigenvalue weighted by molar-refractivity contribution is -0.147. The van der Waals surface area contributed by atoms with Crippen molar-refractivity contribution in [2.75, 3.05) is 19.7 Å². The maximum atomic E-state index is 12.0. The van der Waals surface area contributed by atoms with Gasteiger partial charge in [0.1, 0.15) is 0 Å². The highest BCUT2D eigenvalue weighted by molar-refractivity contribution is 5.70. The first-order valence-electron chi connectivity index (χ1n) is 7.90. The van der Waals surface area contributed by atoms with E-state index in [-0.39, 0.29) is 11.5 Å². The Labute approximate surface area is 119 Å². The Morgan fingerprint density at radius 1 is 1.16 bits per heavy atom. The molecule has 0 heterocycles. The number of carbonyl (C=O) groups excluding carboxylic acids is 1. The molecule has 0 rings (SSSR count). The number of carbonyl (C=O) groups is 1. The minimum Gasteiger partial charge on any atom is -0.466 e. The van der Waals surface area contributed by atoms with E-state index in [9.17, 15) is 4.79 Å². The quantitative estimate of drug-likeness (QED) is 0.565. The molecule has 0 saturated carbocycles. The maximum Gasteiger partial charge on any atom is 0.307 e. The van der Waals surface area contributed by atoms with Crippen molar-refractivity contribution in [3.63, 3.8) is 0 Å². The first-order chi connectivity index (χ1) is 8.99. The van der Waals surface area contributed by atoms with Crippen LogP contribution in [-0.4, -0.2) is 36.1 Å². The highest BCUT2D eigenvalue weighted by Gasteiger charge is 2.37. The van der Waals surface area contributed by atoms with E-state index >= 15 is 0 Å². The van der Waals surface area contributed by atoms with Gasteiger partial charge in [-0.25, -0.2) is 0 Å². The Morgan fingerprint density at radius 2 is 1.74 bits per heavy atom. The molecule has 0 aromatic heterocycles. The number of nitrogens with zero attached hydrogens (tertiary/aromatic N) is 1. The van der Waals surface area contributed by atoms with Crippen LogP contribution in [0.5, 0.6) is 0 Å². The van der Waals surface area contributed by atoms with Gasteiger partial charge in [-0.2, -0.15) is 0 Å². The topological polar surface area (TPSA) is 29.5 Å². The van der Waals surface area contributed by atoms with E-state index in [1.165, 1.54) is 0 Å². The van der Waals surface area contributed by atoms with Gasteiger partial charge in [0.2, 0.25) is 0 Å². The fourth-order valence-electron chi connectivity index (χ4n) is 2.97. The van der Waals surface area contributed by atoms with Gasteiger partial charge in [-0.1, -0.05) is 41.0 Å². The molecule has 0 N–H and O–H groups in total. The average molecular weight is 271 g/mol. The Balaban J connectivity index is 5.09. The van der Waals surface area contributed by atoms with Crippen molar-refractivity contribution in [1.82, 2.24) is 4.90 Å². The molecule has 0 saturated heterocycles. The van der Waals surface area contributed by atoms with Crippen LogP contribution in [0.25, 0.3) is 0 Å². The van der Waals surface area contributed by atoms with Crippen molar-refractivity contribution in [1.29, 1.82) is 0 Å². The van der Waals surface area contributed by atoms with Gasteiger partial charge < -0.3 is 4.74 Å². The minimum absolute atomic E-state index is 0.0365. The molecular formula is C16H33NO2. The summed E-state index contributed by atoms with van der Waals surface area (Å²) in [4.78, 5) is 14.4. The molecule has 2 unspecified atom stereocenters. The minimum atomic E-state index is -0.0560. The summed E-state index contributed by atoms with van der Waals surface area (Å²) in [6.07, 6.45) is 3.74. The summed E-state index contributed by atoms with van der Waals surface area (Å²) in [6, 6.07) is 0. The molecular weight excluding hydrogens is 238 g/mol. The highest BCUT2D eigenvalue weighted by Crippen LogP contribution is 2.32. The molecule has 0 aromatic rings. The summed E-state index contributed by atoms with van der Waals surface area (Å²) >= 11 is 0. The molecule has 0 bridgehead atoms. The Hall–Kier alpha value is -0.570. The van der Waals surface area contributed by atoms with Crippen LogP contribution in [0.2, 0.25) is 0 Å². The molecule has 3 nitrogen and oxygen atoms in total. The predicted molar refractivity (Wildman–Crippen MR) is 81.3 cm³/mol. The molecule has 0 fully saturated rings. The van der Waals surface area contributed by atoms with Gasteiger partial charge in [0.15, 0.2) is 0 Å². The summed E-state index contributed by atoms with van der Waals surface area (Å²) in [5.74, 6) is 0.578. The van der Waals surface area contributed by atoms with Gasteiger partial charge in [-0.05, 0) is 38.8 Å². The van der Waals surface area contributed by atoms with E-state index in [0.717, 1.165) is 32.4 Å². The number of hydrogen-bond donors (Lipinski definition) is 0. The molecule has 0 aliphatic carbocycles. The molecule has 0 aromatic carbocycles. The van der Waals surface area contributed by atoms with Crippen molar-refractivity contribution < 1.29 is 9.53 Å². The smallest absolute Gasteiger partial charge is 0.307 e. The molecule has 0 spiro atoms. The number of rotatable bonds is 10. The van der Waals surface area contributed by atoms with E-state index in [1.807, 2.05) is 6.92 Å². The molecule has 114 valence electrons. The zero-order valence-corrected chi connectivity index (χ0v) is 13.8. The fourth-order valence-corrected chi connectivity index (χ4v) is 2.97. The Morgan fingerprint density at radius 3 is 2.11 bits per heavy atom. The van der Waals surface area contributed by atoms with Crippen LogP contribution in [0.1, 0.15) is 67.2 Å². The summed E-state index contributed by atoms with van der Waals surface area (Å²) in [5.41, 5.74) is -0.0365. The summed E-state index contributed by atoms with van der Waals surface area (Å²) < 4.78 is 5.19. The van der Waals surface area contributed by atoms with E-state index in [4.69, 9.17) is 4.74 Å². The van der Waals surface area contributed by atoms with Gasteiger partial charge in [-0.15, -0.1) is 0 Å². The molecule has 19 heavy (non-hydrogen) atoms. The van der Waals surface area contributed by atoms with E-state index in [0.29, 0.717) is 18.9 Å². The van der Waals surface area contributed by atoms with Crippen molar-refractivity contribution in [2.45, 2.75) is 72.8 Å². The van der Waals surface area contributed by atoms with Crippen LogP contribution in [0.4, 0.5) is 0 Å². The van der Waals surface area contributed by atoms with Gasteiger partial charge in [0, 0.05) is 5.54 Å². The number of ether oxygens (including phenoxy) is 1. The van der Waals surface area contributed by atoms with Crippen LogP contribution in [0.15, 0.2) is 0 Å². The number of esters is 1.